The molecule has 0 spiro atoms. The van der Waals surface area contributed by atoms with Crippen LogP contribution in [0.15, 0.2) is 0 Å². The van der Waals surface area contributed by atoms with Crippen LogP contribution in [-0.2, 0) is 94.6 Å². The Hall–Kier alpha value is -4.18. The summed E-state index contributed by atoms with van der Waals surface area (Å²) < 4.78 is 72.7. The lowest BCUT2D eigenvalue weighted by Gasteiger charge is -2.49. The normalized spacial score (nSPS) is 23.9. The van der Waals surface area contributed by atoms with Gasteiger partial charge < -0.3 is 56.2 Å². The number of esters is 8. The monoisotopic (exact) mass is 1060 g/mol. The van der Waals surface area contributed by atoms with Gasteiger partial charge in [-0.05, 0) is 12.1 Å². The molecule has 0 bridgehead atoms. The number of carbonyl (C=O) groups excluding carboxylic acids is 8. The smallest absolute Gasteiger partial charge is 0.342 e. The van der Waals surface area contributed by atoms with Crippen LogP contribution in [0, 0.1) is 0 Å². The number of carbonyl (C=O) groups is 8. The molecule has 0 aromatic heterocycles. The zero-order chi connectivity index (χ0) is 54.3. The molecule has 0 N–H and O–H groups in total. The van der Waals surface area contributed by atoms with E-state index in [0.717, 1.165) is 131 Å². The van der Waals surface area contributed by atoms with Crippen LogP contribution in [0.1, 0.15) is 198 Å². The summed E-state index contributed by atoms with van der Waals surface area (Å²) in [5.74, 6) is -6.36. The van der Waals surface area contributed by atoms with Crippen molar-refractivity contribution in [2.75, 3.05) is 13.2 Å². The lowest BCUT2D eigenvalue weighted by atomic mass is 9.98. The van der Waals surface area contributed by atoms with Gasteiger partial charge in [0.1, 0.15) is 25.4 Å². The Morgan fingerprint density at radius 2 is 0.575 bits per heavy atom. The fraction of sp³-hybridized carbons (Fsp3) is 0.846. The largest absolute Gasteiger partial charge is 0.463 e. The fourth-order valence-electron chi connectivity index (χ4n) is 9.14. The summed E-state index contributed by atoms with van der Waals surface area (Å²) in [5, 5.41) is 0. The fourth-order valence-corrected chi connectivity index (χ4v) is 12.7. The molecule has 0 amide bonds. The van der Waals surface area contributed by atoms with Gasteiger partial charge in [-0.3, -0.25) is 38.4 Å². The van der Waals surface area contributed by atoms with Gasteiger partial charge in [-0.1, -0.05) is 142 Å². The zero-order valence-corrected chi connectivity index (χ0v) is 46.4. The molecular weight excluding hydrogens is 973 g/mol. The molecule has 2 rings (SSSR count). The maximum Gasteiger partial charge on any atom is 0.342 e. The van der Waals surface area contributed by atoms with Crippen LogP contribution in [0.2, 0.25) is 12.1 Å². The van der Waals surface area contributed by atoms with E-state index in [9.17, 15) is 38.4 Å². The summed E-state index contributed by atoms with van der Waals surface area (Å²) in [4.78, 5) is 101. The molecule has 2 saturated heterocycles. The Kier molecular flexibility index (Phi) is 31.9. The SMILES string of the molecule is CCCCCCCCCCCC[Si](CCCCCCCCCCCC)(O[C@@H]1O[C@H](COC(C)=O)[C@@H](OC(C)=O)[C@H](OC(C)=O)[C@H]1OC(C)=O)O[C@@H]1O[C@H](COC(C)=O)[C@@H](OC(C)=O)[C@H](OC(C)=O)[C@H]1OC(C)=O. The molecule has 21 heteroatoms. The molecule has 420 valence electrons. The van der Waals surface area contributed by atoms with E-state index >= 15 is 0 Å². The summed E-state index contributed by atoms with van der Waals surface area (Å²) in [6, 6.07) is 0.474. The Morgan fingerprint density at radius 1 is 0.329 bits per heavy atom. The third-order valence-electron chi connectivity index (χ3n) is 12.4. The van der Waals surface area contributed by atoms with Crippen LogP contribution in [0.5, 0.6) is 0 Å². The van der Waals surface area contributed by atoms with Crippen LogP contribution in [0.4, 0.5) is 0 Å². The second-order valence-corrected chi connectivity index (χ2v) is 22.4. The molecule has 2 aliphatic rings. The first-order chi connectivity index (χ1) is 34.7. The molecule has 0 aliphatic carbocycles. The lowest BCUT2D eigenvalue weighted by molar-refractivity contribution is -0.308. The van der Waals surface area contributed by atoms with Gasteiger partial charge >= 0.3 is 56.3 Å². The van der Waals surface area contributed by atoms with Crippen molar-refractivity contribution >= 4 is 56.3 Å². The molecule has 0 saturated carbocycles. The van der Waals surface area contributed by atoms with Crippen LogP contribution in [0.25, 0.3) is 0 Å². The molecule has 10 atom stereocenters. The van der Waals surface area contributed by atoms with Gasteiger partial charge in [0, 0.05) is 55.4 Å². The minimum atomic E-state index is -4.08. The molecule has 2 heterocycles. The highest BCUT2D eigenvalue weighted by Gasteiger charge is 2.59. The first kappa shape index (κ1) is 64.9. The summed E-state index contributed by atoms with van der Waals surface area (Å²) in [6.07, 6.45) is 4.83. The van der Waals surface area contributed by atoms with E-state index in [-0.39, 0.29) is 12.1 Å². The predicted molar refractivity (Wildman–Crippen MR) is 265 cm³/mol. The molecule has 0 radical (unpaired) electrons. The van der Waals surface area contributed by atoms with Crippen molar-refractivity contribution in [2.45, 2.75) is 271 Å². The number of hydrogen-bond acceptors (Lipinski definition) is 20. The Labute approximate surface area is 434 Å². The highest BCUT2D eigenvalue weighted by Crippen LogP contribution is 2.39. The van der Waals surface area contributed by atoms with Crippen molar-refractivity contribution in [2.24, 2.45) is 0 Å². The average Bonchev–Trinajstić information content (AvgIpc) is 3.29. The van der Waals surface area contributed by atoms with Gasteiger partial charge in [0.2, 0.25) is 0 Å². The van der Waals surface area contributed by atoms with Gasteiger partial charge in [0.25, 0.3) is 0 Å². The summed E-state index contributed by atoms with van der Waals surface area (Å²) in [7, 11) is -4.08. The van der Waals surface area contributed by atoms with E-state index in [0.29, 0.717) is 12.8 Å². The summed E-state index contributed by atoms with van der Waals surface area (Å²) in [6.45, 7) is 12.4. The number of ether oxygens (including phenoxy) is 10. The van der Waals surface area contributed by atoms with Crippen LogP contribution >= 0.6 is 0 Å². The maximum atomic E-state index is 13.0. The Morgan fingerprint density at radius 3 is 0.836 bits per heavy atom. The Bertz CT molecular complexity index is 1570. The maximum absolute atomic E-state index is 13.0. The molecule has 73 heavy (non-hydrogen) atoms. The third kappa shape index (κ3) is 26.2. The van der Waals surface area contributed by atoms with Gasteiger partial charge in [-0.2, -0.15) is 0 Å². The van der Waals surface area contributed by atoms with Crippen molar-refractivity contribution in [3.8, 4) is 0 Å². The van der Waals surface area contributed by atoms with Crippen LogP contribution < -0.4 is 0 Å². The van der Waals surface area contributed by atoms with E-state index < -0.39 is 131 Å². The van der Waals surface area contributed by atoms with Crippen LogP contribution in [-0.4, -0.2) is 131 Å². The van der Waals surface area contributed by atoms with E-state index in [1.807, 2.05) is 0 Å². The van der Waals surface area contributed by atoms with Crippen molar-refractivity contribution in [3.05, 3.63) is 0 Å². The number of rotatable bonds is 36. The standard InChI is InChI=1S/C52H88O20Si/c1-11-13-15-17-19-21-23-25-27-29-31-73(32-30-28-26-24-22-20-18-16-14-12-2,71-51-49(67-41(9)59)47(65-39(7)57)45(63-37(5)55)43(69-51)33-61-35(3)53)72-52-50(68-42(10)60)48(66-40(8)58)46(64-38(6)56)44(70-52)34-62-36(4)54/h43-52H,11-34H2,1-10H3/t43-,44-,45-,46-,47+,48+,49-,50-,51+,52+/m1/s1. The van der Waals surface area contributed by atoms with Crippen LogP contribution in [0.3, 0.4) is 0 Å². The van der Waals surface area contributed by atoms with E-state index in [4.69, 9.17) is 56.2 Å². The predicted octanol–water partition coefficient (Wildman–Crippen LogP) is 8.47. The van der Waals surface area contributed by atoms with Gasteiger partial charge in [-0.25, -0.2) is 0 Å². The van der Waals surface area contributed by atoms with Gasteiger partial charge in [0.15, 0.2) is 49.2 Å². The molecular formula is C52H88O20Si. The van der Waals surface area contributed by atoms with E-state index in [1.54, 1.807) is 0 Å². The minimum Gasteiger partial charge on any atom is -0.463 e. The van der Waals surface area contributed by atoms with Crippen molar-refractivity contribution in [1.29, 1.82) is 0 Å². The highest BCUT2D eigenvalue weighted by molar-refractivity contribution is 6.67. The first-order valence-corrected chi connectivity index (χ1v) is 28.9. The van der Waals surface area contributed by atoms with Crippen molar-refractivity contribution in [1.82, 2.24) is 0 Å². The first-order valence-electron chi connectivity index (χ1n) is 26.7. The molecule has 2 fully saturated rings. The molecule has 20 nitrogen and oxygen atoms in total. The second-order valence-electron chi connectivity index (χ2n) is 19.1. The molecule has 2 aliphatic heterocycles. The third-order valence-corrected chi connectivity index (χ3v) is 15.9. The number of unbranched alkanes of at least 4 members (excludes halogenated alkanes) is 18. The summed E-state index contributed by atoms with van der Waals surface area (Å²) in [5.41, 5.74) is 0. The van der Waals surface area contributed by atoms with Gasteiger partial charge in [-0.15, -0.1) is 0 Å². The topological polar surface area (TPSA) is 247 Å². The molecule has 0 aromatic carbocycles. The molecule has 0 aromatic rings. The zero-order valence-electron chi connectivity index (χ0n) is 45.4. The van der Waals surface area contributed by atoms with E-state index in [1.165, 1.54) is 39.5 Å². The minimum absolute atomic E-state index is 0.237. The van der Waals surface area contributed by atoms with E-state index in [2.05, 4.69) is 13.8 Å². The second kappa shape index (κ2) is 35.9. The quantitative estimate of drug-likeness (QED) is 0.0247. The van der Waals surface area contributed by atoms with Gasteiger partial charge in [0.05, 0.1) is 0 Å². The Balaban J connectivity index is 2.90. The highest BCUT2D eigenvalue weighted by atomic mass is 28.4. The van der Waals surface area contributed by atoms with Crippen molar-refractivity contribution in [3.63, 3.8) is 0 Å². The lowest BCUT2D eigenvalue weighted by Crippen LogP contribution is -2.67. The molecule has 0 unspecified atom stereocenters. The van der Waals surface area contributed by atoms with Crippen molar-refractivity contribution < 1.29 is 94.6 Å². The number of hydrogen-bond donors (Lipinski definition) is 0. The summed E-state index contributed by atoms with van der Waals surface area (Å²) >= 11 is 0. The average molecular weight is 1060 g/mol.